The molecule has 0 aliphatic heterocycles. The molecule has 0 bridgehead atoms. The number of para-hydroxylation sites is 1. The van der Waals surface area contributed by atoms with Gasteiger partial charge in [-0.2, -0.15) is 5.10 Å². The molecule has 0 spiro atoms. The predicted octanol–water partition coefficient (Wildman–Crippen LogP) is 4.26. The number of amides is 1. The van der Waals surface area contributed by atoms with Crippen molar-refractivity contribution in [3.8, 4) is 5.69 Å². The van der Waals surface area contributed by atoms with Crippen LogP contribution >= 0.6 is 11.8 Å². The van der Waals surface area contributed by atoms with Gasteiger partial charge < -0.3 is 5.32 Å². The molecule has 32 heavy (non-hydrogen) atoms. The third-order valence-corrected chi connectivity index (χ3v) is 6.29. The normalized spacial score (nSPS) is 11.1. The molecule has 2 aromatic carbocycles. The van der Waals surface area contributed by atoms with Gasteiger partial charge in [-0.3, -0.25) is 14.2 Å². The number of hydrogen-bond acceptors (Lipinski definition) is 5. The van der Waals surface area contributed by atoms with E-state index in [2.05, 4.69) is 15.4 Å². The third-order valence-electron chi connectivity index (χ3n) is 5.31. The molecule has 0 saturated carbocycles. The summed E-state index contributed by atoms with van der Waals surface area (Å²) in [5.74, 6) is -0.0333. The Balaban J connectivity index is 1.53. The van der Waals surface area contributed by atoms with Gasteiger partial charge in [0.2, 0.25) is 5.91 Å². The molecule has 1 amide bonds. The topological polar surface area (TPSA) is 81.8 Å². The number of benzene rings is 2. The van der Waals surface area contributed by atoms with Crippen LogP contribution in [0.25, 0.3) is 16.6 Å². The van der Waals surface area contributed by atoms with E-state index in [1.807, 2.05) is 74.8 Å². The van der Waals surface area contributed by atoms with E-state index in [-0.39, 0.29) is 17.2 Å². The molecule has 2 aromatic heterocycles. The molecule has 1 N–H and O–H groups in total. The number of carbonyl (C=O) groups is 1. The number of aryl methyl sites for hydroxylation is 2. The molecule has 0 saturated heterocycles. The summed E-state index contributed by atoms with van der Waals surface area (Å²) >= 11 is 1.26. The zero-order valence-electron chi connectivity index (χ0n) is 18.5. The molecular weight excluding hydrogens is 422 g/mol. The second-order valence-electron chi connectivity index (χ2n) is 7.59. The van der Waals surface area contributed by atoms with E-state index in [1.54, 1.807) is 10.6 Å². The summed E-state index contributed by atoms with van der Waals surface area (Å²) in [7, 11) is 0. The van der Waals surface area contributed by atoms with Crippen LogP contribution < -0.4 is 10.9 Å². The van der Waals surface area contributed by atoms with Crippen LogP contribution in [-0.2, 0) is 11.3 Å². The molecule has 7 nitrogen and oxygen atoms in total. The first-order valence-corrected chi connectivity index (χ1v) is 11.4. The average Bonchev–Trinajstić information content (AvgIpc) is 3.06. The van der Waals surface area contributed by atoms with Crippen molar-refractivity contribution in [2.24, 2.45) is 0 Å². The zero-order valence-corrected chi connectivity index (χ0v) is 19.4. The van der Waals surface area contributed by atoms with Crippen molar-refractivity contribution in [2.45, 2.75) is 39.4 Å². The van der Waals surface area contributed by atoms with Crippen LogP contribution in [0.4, 0.5) is 5.69 Å². The summed E-state index contributed by atoms with van der Waals surface area (Å²) in [4.78, 5) is 30.1. The molecule has 0 fully saturated rings. The Hall–Kier alpha value is -3.39. The molecule has 2 heterocycles. The summed E-state index contributed by atoms with van der Waals surface area (Å²) in [6.07, 6.45) is 0. The Morgan fingerprint density at radius 2 is 1.78 bits per heavy atom. The second kappa shape index (κ2) is 9.00. The van der Waals surface area contributed by atoms with Gasteiger partial charge in [0.1, 0.15) is 0 Å². The predicted molar refractivity (Wildman–Crippen MR) is 129 cm³/mol. The summed E-state index contributed by atoms with van der Waals surface area (Å²) in [6.45, 7) is 8.23. The first-order chi connectivity index (χ1) is 15.4. The highest BCUT2D eigenvalue weighted by atomic mass is 32.2. The monoisotopic (exact) mass is 447 g/mol. The molecule has 4 aromatic rings. The van der Waals surface area contributed by atoms with Gasteiger partial charge in [0.25, 0.3) is 5.56 Å². The Bertz CT molecular complexity index is 1360. The van der Waals surface area contributed by atoms with Crippen LogP contribution in [0.1, 0.15) is 23.9 Å². The summed E-state index contributed by atoms with van der Waals surface area (Å²) in [5, 5.41) is 8.69. The summed E-state index contributed by atoms with van der Waals surface area (Å²) in [6, 6.07) is 15.3. The Labute approximate surface area is 190 Å². The zero-order chi connectivity index (χ0) is 22.8. The van der Waals surface area contributed by atoms with Gasteiger partial charge in [-0.25, -0.2) is 9.67 Å². The Morgan fingerprint density at radius 1 is 1.06 bits per heavy atom. The van der Waals surface area contributed by atoms with Crippen molar-refractivity contribution in [3.63, 3.8) is 0 Å². The fourth-order valence-electron chi connectivity index (χ4n) is 3.60. The number of rotatable bonds is 6. The highest BCUT2D eigenvalue weighted by molar-refractivity contribution is 7.99. The summed E-state index contributed by atoms with van der Waals surface area (Å²) < 4.78 is 3.43. The molecule has 0 radical (unpaired) electrons. The van der Waals surface area contributed by atoms with Crippen LogP contribution in [0.3, 0.4) is 0 Å². The molecule has 0 unspecified atom stereocenters. The molecule has 0 aliphatic rings. The van der Waals surface area contributed by atoms with E-state index in [9.17, 15) is 9.59 Å². The van der Waals surface area contributed by atoms with Gasteiger partial charge >= 0.3 is 0 Å². The van der Waals surface area contributed by atoms with Crippen LogP contribution in [0.2, 0.25) is 0 Å². The van der Waals surface area contributed by atoms with Crippen molar-refractivity contribution < 1.29 is 4.79 Å². The van der Waals surface area contributed by atoms with Crippen LogP contribution in [0, 0.1) is 20.8 Å². The van der Waals surface area contributed by atoms with Crippen molar-refractivity contribution in [3.05, 3.63) is 75.8 Å². The number of hydrogen-bond donors (Lipinski definition) is 1. The van der Waals surface area contributed by atoms with Gasteiger partial charge in [-0.15, -0.1) is 0 Å². The lowest BCUT2D eigenvalue weighted by atomic mass is 10.2. The van der Waals surface area contributed by atoms with Gasteiger partial charge in [0.05, 0.1) is 39.4 Å². The van der Waals surface area contributed by atoms with Crippen molar-refractivity contribution in [1.29, 1.82) is 0 Å². The molecule has 8 heteroatoms. The Kier molecular flexibility index (Phi) is 6.14. The van der Waals surface area contributed by atoms with Gasteiger partial charge in [-0.05, 0) is 52.0 Å². The second-order valence-corrected chi connectivity index (χ2v) is 8.53. The first-order valence-electron chi connectivity index (χ1n) is 10.4. The largest absolute Gasteiger partial charge is 0.322 e. The fourth-order valence-corrected chi connectivity index (χ4v) is 4.47. The lowest BCUT2D eigenvalue weighted by Crippen LogP contribution is -2.23. The fraction of sp³-hybridized carbons (Fsp3) is 0.250. The van der Waals surface area contributed by atoms with Gasteiger partial charge in [0, 0.05) is 6.54 Å². The number of thioether (sulfide) groups is 1. The minimum absolute atomic E-state index is 0.0907. The van der Waals surface area contributed by atoms with Crippen molar-refractivity contribution in [2.75, 3.05) is 11.1 Å². The summed E-state index contributed by atoms with van der Waals surface area (Å²) in [5.41, 5.74) is 4.97. The average molecular weight is 448 g/mol. The maximum Gasteiger partial charge on any atom is 0.262 e. The van der Waals surface area contributed by atoms with E-state index >= 15 is 0 Å². The van der Waals surface area contributed by atoms with E-state index in [1.165, 1.54) is 17.3 Å². The van der Waals surface area contributed by atoms with Crippen LogP contribution in [0.5, 0.6) is 0 Å². The smallest absolute Gasteiger partial charge is 0.262 e. The molecule has 164 valence electrons. The number of nitrogens with one attached hydrogen (secondary N) is 1. The van der Waals surface area contributed by atoms with Gasteiger partial charge in [0.15, 0.2) is 5.16 Å². The number of fused-ring (bicyclic) bond motifs is 1. The van der Waals surface area contributed by atoms with Crippen LogP contribution in [0.15, 0.2) is 58.5 Å². The number of aromatic nitrogens is 4. The highest BCUT2D eigenvalue weighted by Gasteiger charge is 2.17. The number of anilines is 1. The highest BCUT2D eigenvalue weighted by Crippen LogP contribution is 2.24. The molecule has 0 aliphatic carbocycles. The third kappa shape index (κ3) is 4.18. The maximum atomic E-state index is 12.8. The van der Waals surface area contributed by atoms with E-state index in [4.69, 9.17) is 0 Å². The lowest BCUT2D eigenvalue weighted by Gasteiger charge is -2.11. The Morgan fingerprint density at radius 3 is 2.50 bits per heavy atom. The maximum absolute atomic E-state index is 12.8. The minimum atomic E-state index is -0.172. The standard InChI is InChI=1S/C24H25N5O2S/c1-5-28-23(31)19-8-6-7-9-20(19)25-24(28)32-14-21(30)26-22-16(3)27-29(17(22)4)18-12-10-15(2)11-13-18/h6-13H,5,14H2,1-4H3,(H,26,30). The van der Waals surface area contributed by atoms with E-state index in [0.29, 0.717) is 28.3 Å². The quantitative estimate of drug-likeness (QED) is 0.353. The van der Waals surface area contributed by atoms with Gasteiger partial charge in [-0.1, -0.05) is 41.6 Å². The molecular formula is C24H25N5O2S. The first kappa shape index (κ1) is 21.8. The molecule has 4 rings (SSSR count). The van der Waals surface area contributed by atoms with Crippen molar-refractivity contribution in [1.82, 2.24) is 19.3 Å². The van der Waals surface area contributed by atoms with E-state index < -0.39 is 0 Å². The number of nitrogens with zero attached hydrogens (tertiary/aromatic N) is 4. The van der Waals surface area contributed by atoms with Crippen molar-refractivity contribution >= 4 is 34.3 Å². The molecule has 0 atom stereocenters. The minimum Gasteiger partial charge on any atom is -0.322 e. The van der Waals surface area contributed by atoms with Crippen LogP contribution in [-0.4, -0.2) is 31.0 Å². The van der Waals surface area contributed by atoms with E-state index in [0.717, 1.165) is 17.1 Å². The number of carbonyl (C=O) groups excluding carboxylic acids is 1. The lowest BCUT2D eigenvalue weighted by molar-refractivity contribution is -0.113. The SMILES string of the molecule is CCn1c(SCC(=O)Nc2c(C)nn(-c3ccc(C)cc3)c2C)nc2ccccc2c1=O.